The monoisotopic (exact) mass is 296 g/mol. The Labute approximate surface area is 124 Å². The van der Waals surface area contributed by atoms with Crippen LogP contribution in [0.1, 0.15) is 32.6 Å². The van der Waals surface area contributed by atoms with Gasteiger partial charge in [0.15, 0.2) is 0 Å². The Bertz CT molecular complexity index is 417. The largest absolute Gasteiger partial charge is 0.459 e. The lowest BCUT2D eigenvalue weighted by Gasteiger charge is -2.19. The molecule has 0 aromatic carbocycles. The van der Waals surface area contributed by atoms with E-state index in [1.54, 1.807) is 6.92 Å². The van der Waals surface area contributed by atoms with E-state index >= 15 is 0 Å². The van der Waals surface area contributed by atoms with Gasteiger partial charge in [0.1, 0.15) is 6.10 Å². The summed E-state index contributed by atoms with van der Waals surface area (Å²) in [5, 5.41) is 29.9. The number of hydrogen-bond acceptors (Lipinski definition) is 5. The van der Waals surface area contributed by atoms with Crippen LogP contribution in [0, 0.1) is 11.8 Å². The van der Waals surface area contributed by atoms with Crippen LogP contribution < -0.4 is 0 Å². The van der Waals surface area contributed by atoms with E-state index in [0.717, 1.165) is 0 Å². The highest BCUT2D eigenvalue weighted by Crippen LogP contribution is 2.36. The fraction of sp³-hybridized carbons (Fsp3) is 0.688. The predicted octanol–water partition coefficient (Wildman–Crippen LogP) is 0.933. The number of aliphatic hydroxyl groups is 3. The van der Waals surface area contributed by atoms with Crippen LogP contribution in [-0.2, 0) is 9.53 Å². The maximum absolute atomic E-state index is 11.6. The van der Waals surface area contributed by atoms with Crippen molar-refractivity contribution in [2.75, 3.05) is 0 Å². The van der Waals surface area contributed by atoms with Gasteiger partial charge in [-0.25, -0.2) is 4.79 Å². The molecule has 2 aliphatic rings. The number of cyclic esters (lactones) is 1. The van der Waals surface area contributed by atoms with Crippen molar-refractivity contribution in [1.29, 1.82) is 0 Å². The van der Waals surface area contributed by atoms with Gasteiger partial charge in [-0.2, -0.15) is 0 Å². The van der Waals surface area contributed by atoms with Crippen molar-refractivity contribution in [3.05, 3.63) is 24.3 Å². The molecule has 1 heterocycles. The van der Waals surface area contributed by atoms with E-state index in [-0.39, 0.29) is 17.9 Å². The topological polar surface area (TPSA) is 87.0 Å². The van der Waals surface area contributed by atoms with Crippen molar-refractivity contribution in [1.82, 2.24) is 0 Å². The zero-order valence-corrected chi connectivity index (χ0v) is 12.3. The van der Waals surface area contributed by atoms with Crippen LogP contribution in [0.15, 0.2) is 24.3 Å². The van der Waals surface area contributed by atoms with Crippen LogP contribution in [0.5, 0.6) is 0 Å². The zero-order valence-electron chi connectivity index (χ0n) is 12.3. The van der Waals surface area contributed by atoms with Crippen molar-refractivity contribution in [3.8, 4) is 0 Å². The van der Waals surface area contributed by atoms with Crippen LogP contribution in [0.3, 0.4) is 0 Å². The van der Waals surface area contributed by atoms with Crippen molar-refractivity contribution >= 4 is 5.97 Å². The number of allylic oxidation sites excluding steroid dienone is 1. The lowest BCUT2D eigenvalue weighted by atomic mass is 9.89. The summed E-state index contributed by atoms with van der Waals surface area (Å²) in [5.41, 5.74) is 0. The standard InChI is InChI=1S/C16H24O5/c1-10-7-12(17)4-2-3-11-8-13(18)9-14(11)15(19)5-6-16(20)21-10/h2-3,5-6,10-15,17-19H,4,7-9H2,1H3/b3-2+,6-5+/t10-,11-,12-,13+,14+,15-/m1/s1. The number of fused-ring (bicyclic) bond motifs is 1. The predicted molar refractivity (Wildman–Crippen MR) is 77.3 cm³/mol. The minimum Gasteiger partial charge on any atom is -0.459 e. The lowest BCUT2D eigenvalue weighted by molar-refractivity contribution is -0.143. The van der Waals surface area contributed by atoms with E-state index in [1.807, 2.05) is 12.2 Å². The number of esters is 1. The van der Waals surface area contributed by atoms with Crippen molar-refractivity contribution in [3.63, 3.8) is 0 Å². The first kappa shape index (κ1) is 16.2. The minimum atomic E-state index is -0.787. The summed E-state index contributed by atoms with van der Waals surface area (Å²) in [6.07, 6.45) is 6.33. The molecular weight excluding hydrogens is 272 g/mol. The highest BCUT2D eigenvalue weighted by Gasteiger charge is 2.35. The van der Waals surface area contributed by atoms with Crippen LogP contribution in [0.4, 0.5) is 0 Å². The molecule has 3 N–H and O–H groups in total. The average Bonchev–Trinajstić information content (AvgIpc) is 2.76. The van der Waals surface area contributed by atoms with Crippen LogP contribution in [-0.4, -0.2) is 45.7 Å². The number of carbonyl (C=O) groups excluding carboxylic acids is 1. The van der Waals surface area contributed by atoms with Crippen molar-refractivity contribution in [2.45, 2.75) is 57.0 Å². The second kappa shape index (κ2) is 7.20. The molecule has 5 heteroatoms. The van der Waals surface area contributed by atoms with E-state index in [0.29, 0.717) is 25.7 Å². The Hall–Kier alpha value is -1.17. The number of rotatable bonds is 0. The first-order chi connectivity index (χ1) is 9.95. The van der Waals surface area contributed by atoms with Gasteiger partial charge in [0.25, 0.3) is 0 Å². The maximum atomic E-state index is 11.6. The van der Waals surface area contributed by atoms with Crippen LogP contribution >= 0.6 is 0 Å². The third-order valence-corrected chi connectivity index (χ3v) is 4.22. The Balaban J connectivity index is 2.15. The number of carbonyl (C=O) groups is 1. The first-order valence-corrected chi connectivity index (χ1v) is 7.55. The average molecular weight is 296 g/mol. The molecule has 0 amide bonds. The van der Waals surface area contributed by atoms with E-state index in [1.165, 1.54) is 12.2 Å². The summed E-state index contributed by atoms with van der Waals surface area (Å²) >= 11 is 0. The quantitative estimate of drug-likeness (QED) is 0.457. The normalized spacial score (nSPS) is 44.7. The highest BCUT2D eigenvalue weighted by molar-refractivity contribution is 5.82. The van der Waals surface area contributed by atoms with E-state index in [9.17, 15) is 20.1 Å². The summed E-state index contributed by atoms with van der Waals surface area (Å²) in [7, 11) is 0. The smallest absolute Gasteiger partial charge is 0.330 e. The summed E-state index contributed by atoms with van der Waals surface area (Å²) in [5.74, 6) is -0.576. The molecule has 0 saturated heterocycles. The Morgan fingerprint density at radius 3 is 2.62 bits per heavy atom. The molecule has 0 radical (unpaired) electrons. The summed E-state index contributed by atoms with van der Waals surface area (Å²) in [6, 6.07) is 0. The fourth-order valence-electron chi connectivity index (χ4n) is 3.18. The zero-order chi connectivity index (χ0) is 15.4. The van der Waals surface area contributed by atoms with Crippen molar-refractivity contribution < 1.29 is 24.9 Å². The van der Waals surface area contributed by atoms with E-state index in [4.69, 9.17) is 4.74 Å². The molecule has 118 valence electrons. The molecule has 21 heavy (non-hydrogen) atoms. The Kier molecular flexibility index (Phi) is 5.56. The molecular formula is C16H24O5. The summed E-state index contributed by atoms with van der Waals surface area (Å²) in [4.78, 5) is 11.6. The molecule has 6 atom stereocenters. The van der Waals surface area contributed by atoms with Gasteiger partial charge in [-0.05, 0) is 44.1 Å². The van der Waals surface area contributed by atoms with E-state index < -0.39 is 24.3 Å². The molecule has 0 bridgehead atoms. The molecule has 0 unspecified atom stereocenters. The highest BCUT2D eigenvalue weighted by atomic mass is 16.5. The van der Waals surface area contributed by atoms with Gasteiger partial charge in [-0.1, -0.05) is 12.2 Å². The molecule has 1 aliphatic heterocycles. The van der Waals surface area contributed by atoms with Crippen LogP contribution in [0.25, 0.3) is 0 Å². The molecule has 1 aliphatic carbocycles. The Morgan fingerprint density at radius 1 is 1.10 bits per heavy atom. The molecule has 0 aromatic heterocycles. The second-order valence-electron chi connectivity index (χ2n) is 6.10. The minimum absolute atomic E-state index is 0.0565. The van der Waals surface area contributed by atoms with E-state index in [2.05, 4.69) is 0 Å². The van der Waals surface area contributed by atoms with Crippen molar-refractivity contribution in [2.24, 2.45) is 11.8 Å². The van der Waals surface area contributed by atoms with Gasteiger partial charge in [-0.3, -0.25) is 0 Å². The molecule has 5 nitrogen and oxygen atoms in total. The van der Waals surface area contributed by atoms with Gasteiger partial charge in [-0.15, -0.1) is 0 Å². The van der Waals surface area contributed by atoms with Gasteiger partial charge in [0.2, 0.25) is 0 Å². The van der Waals surface area contributed by atoms with Gasteiger partial charge >= 0.3 is 5.97 Å². The van der Waals surface area contributed by atoms with Gasteiger partial charge in [0, 0.05) is 12.5 Å². The number of ether oxygens (including phenoxy) is 1. The van der Waals surface area contributed by atoms with Crippen LogP contribution in [0.2, 0.25) is 0 Å². The summed E-state index contributed by atoms with van der Waals surface area (Å²) in [6.45, 7) is 1.74. The Morgan fingerprint density at radius 2 is 1.86 bits per heavy atom. The van der Waals surface area contributed by atoms with Gasteiger partial charge in [0.05, 0.1) is 18.3 Å². The molecule has 1 fully saturated rings. The SMILES string of the molecule is C[C@@H]1C[C@H](O)C/C=C/[C@@H]2C[C@H](O)C[C@@H]2[C@H](O)/C=C/C(=O)O1. The third-order valence-electron chi connectivity index (χ3n) is 4.22. The molecule has 2 rings (SSSR count). The fourth-order valence-corrected chi connectivity index (χ4v) is 3.18. The number of hydrogen-bond donors (Lipinski definition) is 3. The number of aliphatic hydroxyl groups excluding tert-OH is 3. The first-order valence-electron chi connectivity index (χ1n) is 7.55. The molecule has 0 spiro atoms. The maximum Gasteiger partial charge on any atom is 0.330 e. The summed E-state index contributed by atoms with van der Waals surface area (Å²) < 4.78 is 5.14. The molecule has 0 aromatic rings. The second-order valence-corrected chi connectivity index (χ2v) is 6.10. The molecule has 1 saturated carbocycles. The third kappa shape index (κ3) is 4.66. The lowest BCUT2D eigenvalue weighted by Crippen LogP contribution is -2.22. The van der Waals surface area contributed by atoms with Gasteiger partial charge < -0.3 is 20.1 Å².